The van der Waals surface area contributed by atoms with Crippen molar-refractivity contribution in [1.82, 2.24) is 0 Å². The summed E-state index contributed by atoms with van der Waals surface area (Å²) in [6, 6.07) is 0. The zero-order chi connectivity index (χ0) is 8.93. The third kappa shape index (κ3) is 0.586. The van der Waals surface area contributed by atoms with E-state index in [9.17, 15) is 9.59 Å². The first-order chi connectivity index (χ1) is 5.65. The molecular weight excluding hydrogens is 156 g/mol. The summed E-state index contributed by atoms with van der Waals surface area (Å²) in [4.78, 5) is 22.8. The van der Waals surface area contributed by atoms with Crippen LogP contribution in [-0.4, -0.2) is 18.9 Å². The number of methoxy groups -OCH3 is 1. The molecule has 0 N–H and O–H groups in total. The standard InChI is InChI=1S/C9H12O3/c1-5-6-3-4-7(10)9(5,6)8(11)12-2/h5-6H,3-4H2,1-2H3/t5-,6+,9+/m1/s1. The summed E-state index contributed by atoms with van der Waals surface area (Å²) < 4.78 is 4.66. The summed E-state index contributed by atoms with van der Waals surface area (Å²) >= 11 is 0. The Hall–Kier alpha value is -0.860. The molecule has 0 spiro atoms. The highest BCUT2D eigenvalue weighted by atomic mass is 16.5. The van der Waals surface area contributed by atoms with Gasteiger partial charge in [-0.2, -0.15) is 0 Å². The van der Waals surface area contributed by atoms with E-state index in [-0.39, 0.29) is 23.6 Å². The summed E-state index contributed by atoms with van der Waals surface area (Å²) in [7, 11) is 1.35. The number of carbonyl (C=O) groups excluding carboxylic acids is 2. The Morgan fingerprint density at radius 2 is 2.33 bits per heavy atom. The maximum absolute atomic E-state index is 11.4. The smallest absolute Gasteiger partial charge is 0.319 e. The molecule has 0 radical (unpaired) electrons. The van der Waals surface area contributed by atoms with Crippen LogP contribution in [0.15, 0.2) is 0 Å². The maximum Gasteiger partial charge on any atom is 0.319 e. The van der Waals surface area contributed by atoms with E-state index >= 15 is 0 Å². The Balaban J connectivity index is 2.31. The van der Waals surface area contributed by atoms with Crippen molar-refractivity contribution >= 4 is 11.8 Å². The molecule has 3 heteroatoms. The average Bonchev–Trinajstić information content (AvgIpc) is 2.48. The second kappa shape index (κ2) is 2.09. The minimum Gasteiger partial charge on any atom is -0.468 e. The molecular formula is C9H12O3. The molecule has 12 heavy (non-hydrogen) atoms. The minimum absolute atomic E-state index is 0.0897. The number of Topliss-reactive ketones (excluding diaryl/α,β-unsaturated/α-hetero) is 1. The van der Waals surface area contributed by atoms with E-state index < -0.39 is 5.41 Å². The Bertz CT molecular complexity index is 258. The number of ether oxygens (including phenoxy) is 1. The van der Waals surface area contributed by atoms with Crippen LogP contribution in [0.1, 0.15) is 19.8 Å². The van der Waals surface area contributed by atoms with E-state index in [0.717, 1.165) is 6.42 Å². The van der Waals surface area contributed by atoms with Gasteiger partial charge in [0, 0.05) is 6.42 Å². The molecule has 3 nitrogen and oxygen atoms in total. The monoisotopic (exact) mass is 168 g/mol. The lowest BCUT2D eigenvalue weighted by Gasteiger charge is -2.08. The van der Waals surface area contributed by atoms with Crippen LogP contribution in [0.2, 0.25) is 0 Å². The van der Waals surface area contributed by atoms with E-state index in [4.69, 9.17) is 0 Å². The van der Waals surface area contributed by atoms with Gasteiger partial charge in [-0.05, 0) is 18.3 Å². The SMILES string of the molecule is COC(=O)[C@]12C(=O)CC[C@H]1[C@H]2C. The molecule has 0 aromatic heterocycles. The van der Waals surface area contributed by atoms with E-state index in [1.165, 1.54) is 7.11 Å². The van der Waals surface area contributed by atoms with Crippen LogP contribution < -0.4 is 0 Å². The largest absolute Gasteiger partial charge is 0.468 e. The van der Waals surface area contributed by atoms with Gasteiger partial charge in [0.15, 0.2) is 5.78 Å². The highest BCUT2D eigenvalue weighted by Crippen LogP contribution is 2.66. The zero-order valence-electron chi connectivity index (χ0n) is 7.29. The molecule has 0 aromatic rings. The molecule has 3 atom stereocenters. The first-order valence-electron chi connectivity index (χ1n) is 4.27. The van der Waals surface area contributed by atoms with Crippen molar-refractivity contribution in [2.45, 2.75) is 19.8 Å². The summed E-state index contributed by atoms with van der Waals surface area (Å²) in [5.41, 5.74) is -0.714. The lowest BCUT2D eigenvalue weighted by molar-refractivity contribution is -0.151. The molecule has 0 aliphatic heterocycles. The Morgan fingerprint density at radius 1 is 1.67 bits per heavy atom. The van der Waals surface area contributed by atoms with Gasteiger partial charge in [0.25, 0.3) is 0 Å². The van der Waals surface area contributed by atoms with Crippen LogP contribution in [-0.2, 0) is 14.3 Å². The summed E-state index contributed by atoms with van der Waals surface area (Å²) in [5, 5.41) is 0. The summed E-state index contributed by atoms with van der Waals surface area (Å²) in [5.74, 6) is 0.262. The van der Waals surface area contributed by atoms with Crippen molar-refractivity contribution in [1.29, 1.82) is 0 Å². The van der Waals surface area contributed by atoms with Crippen LogP contribution in [0.3, 0.4) is 0 Å². The van der Waals surface area contributed by atoms with Gasteiger partial charge in [-0.15, -0.1) is 0 Å². The Labute approximate surface area is 71.1 Å². The van der Waals surface area contributed by atoms with E-state index in [2.05, 4.69) is 4.74 Å². The molecule has 2 saturated carbocycles. The van der Waals surface area contributed by atoms with Gasteiger partial charge in [0.1, 0.15) is 5.41 Å². The van der Waals surface area contributed by atoms with Gasteiger partial charge in [-0.3, -0.25) is 9.59 Å². The molecule has 0 amide bonds. The van der Waals surface area contributed by atoms with Crippen LogP contribution in [0.5, 0.6) is 0 Å². The fourth-order valence-corrected chi connectivity index (χ4v) is 2.70. The fraction of sp³-hybridized carbons (Fsp3) is 0.778. The fourth-order valence-electron chi connectivity index (χ4n) is 2.70. The predicted octanol–water partition coefficient (Wildman–Crippen LogP) is 0.775. The topological polar surface area (TPSA) is 43.4 Å². The molecule has 2 aliphatic carbocycles. The molecule has 0 aromatic carbocycles. The van der Waals surface area contributed by atoms with Crippen LogP contribution in [0.25, 0.3) is 0 Å². The lowest BCUT2D eigenvalue weighted by Crippen LogP contribution is -2.27. The highest BCUT2D eigenvalue weighted by molar-refractivity contribution is 6.09. The molecule has 0 unspecified atom stereocenters. The third-order valence-electron chi connectivity index (χ3n) is 3.46. The van der Waals surface area contributed by atoms with Gasteiger partial charge in [-0.1, -0.05) is 6.92 Å². The van der Waals surface area contributed by atoms with E-state index in [1.54, 1.807) is 0 Å². The van der Waals surface area contributed by atoms with Crippen LogP contribution in [0.4, 0.5) is 0 Å². The first kappa shape index (κ1) is 7.77. The van der Waals surface area contributed by atoms with E-state index in [0.29, 0.717) is 6.42 Å². The van der Waals surface area contributed by atoms with Crippen LogP contribution in [0, 0.1) is 17.3 Å². The van der Waals surface area contributed by atoms with Gasteiger partial charge in [0.05, 0.1) is 7.11 Å². The number of hydrogen-bond acceptors (Lipinski definition) is 3. The van der Waals surface area contributed by atoms with Gasteiger partial charge in [-0.25, -0.2) is 0 Å². The van der Waals surface area contributed by atoms with Crippen molar-refractivity contribution < 1.29 is 14.3 Å². The molecule has 0 heterocycles. The van der Waals surface area contributed by atoms with Gasteiger partial charge < -0.3 is 4.74 Å². The maximum atomic E-state index is 11.4. The van der Waals surface area contributed by atoms with Gasteiger partial charge >= 0.3 is 5.97 Å². The molecule has 2 rings (SSSR count). The van der Waals surface area contributed by atoms with Crippen LogP contribution >= 0.6 is 0 Å². The number of hydrogen-bond donors (Lipinski definition) is 0. The second-order valence-corrected chi connectivity index (χ2v) is 3.72. The highest BCUT2D eigenvalue weighted by Gasteiger charge is 2.74. The quantitative estimate of drug-likeness (QED) is 0.429. The molecule has 2 aliphatic rings. The van der Waals surface area contributed by atoms with Gasteiger partial charge in [0.2, 0.25) is 0 Å². The molecule has 66 valence electrons. The predicted molar refractivity (Wildman–Crippen MR) is 41.3 cm³/mol. The first-order valence-corrected chi connectivity index (χ1v) is 4.27. The van der Waals surface area contributed by atoms with Crippen molar-refractivity contribution in [3.8, 4) is 0 Å². The number of ketones is 1. The van der Waals surface area contributed by atoms with E-state index in [1.807, 2.05) is 6.92 Å². The molecule has 0 bridgehead atoms. The molecule has 0 saturated heterocycles. The molecule has 2 fully saturated rings. The second-order valence-electron chi connectivity index (χ2n) is 3.72. The normalized spacial score (nSPS) is 44.0. The number of esters is 1. The lowest BCUT2D eigenvalue weighted by atomic mass is 9.99. The minimum atomic E-state index is -0.714. The van der Waals surface area contributed by atoms with Crippen molar-refractivity contribution in [2.24, 2.45) is 17.3 Å². The van der Waals surface area contributed by atoms with Crippen molar-refractivity contribution in [2.75, 3.05) is 7.11 Å². The Morgan fingerprint density at radius 3 is 2.75 bits per heavy atom. The number of carbonyl (C=O) groups is 2. The van der Waals surface area contributed by atoms with Crippen molar-refractivity contribution in [3.05, 3.63) is 0 Å². The summed E-state index contributed by atoms with van der Waals surface area (Å²) in [6.45, 7) is 1.96. The van der Waals surface area contributed by atoms with Crippen molar-refractivity contribution in [3.63, 3.8) is 0 Å². The Kier molecular flexibility index (Phi) is 1.35. The number of rotatable bonds is 1. The zero-order valence-corrected chi connectivity index (χ0v) is 7.29. The third-order valence-corrected chi connectivity index (χ3v) is 3.46. The summed E-state index contributed by atoms with van der Waals surface area (Å²) in [6.07, 6.45) is 1.43. The number of fused-ring (bicyclic) bond motifs is 1. The average molecular weight is 168 g/mol.